The van der Waals surface area contributed by atoms with Gasteiger partial charge in [-0.05, 0) is 36.5 Å². The molecule has 0 spiro atoms. The van der Waals surface area contributed by atoms with Crippen molar-refractivity contribution in [1.29, 1.82) is 0 Å². The Bertz CT molecular complexity index is 397. The second-order valence-electron chi connectivity index (χ2n) is 4.84. The SMILES string of the molecule is FC(F)COCCNC1CC(c2cccc(Br)c2)C1. The van der Waals surface area contributed by atoms with Crippen LogP contribution in [0.15, 0.2) is 28.7 Å². The summed E-state index contributed by atoms with van der Waals surface area (Å²) >= 11 is 3.48. The molecule has 106 valence electrons. The van der Waals surface area contributed by atoms with Gasteiger partial charge in [0.05, 0.1) is 6.61 Å². The Labute approximate surface area is 120 Å². The van der Waals surface area contributed by atoms with Crippen LogP contribution >= 0.6 is 15.9 Å². The molecule has 0 aliphatic heterocycles. The molecule has 2 rings (SSSR count). The Kier molecular flexibility index (Phi) is 5.73. The quantitative estimate of drug-likeness (QED) is 0.770. The van der Waals surface area contributed by atoms with Gasteiger partial charge in [-0.3, -0.25) is 0 Å². The fourth-order valence-electron chi connectivity index (χ4n) is 2.32. The highest BCUT2D eigenvalue weighted by molar-refractivity contribution is 9.10. The molecule has 0 atom stereocenters. The van der Waals surface area contributed by atoms with Crippen molar-refractivity contribution >= 4 is 15.9 Å². The average molecular weight is 334 g/mol. The van der Waals surface area contributed by atoms with Crippen LogP contribution in [-0.2, 0) is 4.74 Å². The lowest BCUT2D eigenvalue weighted by Crippen LogP contribution is -2.41. The molecule has 0 heterocycles. The Balaban J connectivity index is 1.59. The third-order valence-electron chi connectivity index (χ3n) is 3.38. The normalized spacial score (nSPS) is 22.5. The van der Waals surface area contributed by atoms with Gasteiger partial charge < -0.3 is 10.1 Å². The van der Waals surface area contributed by atoms with E-state index in [0.29, 0.717) is 25.1 Å². The van der Waals surface area contributed by atoms with E-state index in [2.05, 4.69) is 39.4 Å². The van der Waals surface area contributed by atoms with E-state index in [9.17, 15) is 8.78 Å². The van der Waals surface area contributed by atoms with Crippen molar-refractivity contribution in [1.82, 2.24) is 5.32 Å². The maximum atomic E-state index is 11.8. The molecule has 1 aliphatic rings. The lowest BCUT2D eigenvalue weighted by molar-refractivity contribution is 0.0174. The van der Waals surface area contributed by atoms with Crippen molar-refractivity contribution in [2.24, 2.45) is 0 Å². The summed E-state index contributed by atoms with van der Waals surface area (Å²) in [6.07, 6.45) is -0.166. The van der Waals surface area contributed by atoms with E-state index in [4.69, 9.17) is 4.74 Å². The first-order valence-corrected chi connectivity index (χ1v) is 7.29. The summed E-state index contributed by atoms with van der Waals surface area (Å²) < 4.78 is 29.6. The van der Waals surface area contributed by atoms with Gasteiger partial charge in [0.15, 0.2) is 0 Å². The Hall–Kier alpha value is -0.520. The maximum absolute atomic E-state index is 11.8. The number of hydrogen-bond acceptors (Lipinski definition) is 2. The van der Waals surface area contributed by atoms with Gasteiger partial charge in [-0.1, -0.05) is 28.1 Å². The second kappa shape index (κ2) is 7.31. The average Bonchev–Trinajstić information content (AvgIpc) is 2.30. The van der Waals surface area contributed by atoms with Crippen LogP contribution in [0.1, 0.15) is 24.3 Å². The Morgan fingerprint density at radius 2 is 2.16 bits per heavy atom. The molecular formula is C14H18BrF2NO. The van der Waals surface area contributed by atoms with Gasteiger partial charge in [-0.25, -0.2) is 8.78 Å². The van der Waals surface area contributed by atoms with E-state index >= 15 is 0 Å². The lowest BCUT2D eigenvalue weighted by atomic mass is 9.76. The standard InChI is InChI=1S/C14H18BrF2NO/c15-12-3-1-2-10(6-12)11-7-13(8-11)18-4-5-19-9-14(16)17/h1-3,6,11,13-14,18H,4-5,7-9H2. The van der Waals surface area contributed by atoms with Crippen LogP contribution in [0, 0.1) is 0 Å². The number of hydrogen-bond donors (Lipinski definition) is 1. The number of alkyl halides is 2. The van der Waals surface area contributed by atoms with E-state index in [1.165, 1.54) is 5.56 Å². The van der Waals surface area contributed by atoms with Crippen LogP contribution in [0.3, 0.4) is 0 Å². The number of nitrogens with one attached hydrogen (secondary N) is 1. The zero-order chi connectivity index (χ0) is 13.7. The minimum absolute atomic E-state index is 0.350. The zero-order valence-corrected chi connectivity index (χ0v) is 12.2. The van der Waals surface area contributed by atoms with Gasteiger partial charge in [-0.15, -0.1) is 0 Å². The molecule has 0 saturated heterocycles. The van der Waals surface area contributed by atoms with Gasteiger partial charge in [0, 0.05) is 17.1 Å². The zero-order valence-electron chi connectivity index (χ0n) is 10.6. The van der Waals surface area contributed by atoms with Crippen LogP contribution in [0.5, 0.6) is 0 Å². The summed E-state index contributed by atoms with van der Waals surface area (Å²) in [5.74, 6) is 0.608. The maximum Gasteiger partial charge on any atom is 0.261 e. The molecule has 1 aliphatic carbocycles. The van der Waals surface area contributed by atoms with Crippen molar-refractivity contribution in [3.63, 3.8) is 0 Å². The first-order valence-electron chi connectivity index (χ1n) is 6.50. The minimum Gasteiger partial charge on any atom is -0.374 e. The monoisotopic (exact) mass is 333 g/mol. The summed E-state index contributed by atoms with van der Waals surface area (Å²) in [6.45, 7) is 0.526. The van der Waals surface area contributed by atoms with Crippen LogP contribution in [-0.4, -0.2) is 32.2 Å². The highest BCUT2D eigenvalue weighted by atomic mass is 79.9. The molecule has 0 bridgehead atoms. The van der Waals surface area contributed by atoms with Crippen LogP contribution < -0.4 is 5.32 Å². The van der Waals surface area contributed by atoms with Crippen molar-refractivity contribution in [3.05, 3.63) is 34.3 Å². The predicted octanol–water partition coefficient (Wildman–Crippen LogP) is 3.57. The molecule has 0 amide bonds. The molecule has 0 unspecified atom stereocenters. The van der Waals surface area contributed by atoms with E-state index in [1.54, 1.807) is 0 Å². The molecule has 19 heavy (non-hydrogen) atoms. The molecule has 1 fully saturated rings. The van der Waals surface area contributed by atoms with Crippen molar-refractivity contribution < 1.29 is 13.5 Å². The number of ether oxygens (including phenoxy) is 1. The van der Waals surface area contributed by atoms with Gasteiger partial charge in [0.2, 0.25) is 0 Å². The molecule has 5 heteroatoms. The van der Waals surface area contributed by atoms with Gasteiger partial charge in [0.1, 0.15) is 6.61 Å². The van der Waals surface area contributed by atoms with E-state index in [-0.39, 0.29) is 0 Å². The van der Waals surface area contributed by atoms with Crippen molar-refractivity contribution in [2.45, 2.75) is 31.2 Å². The molecule has 0 radical (unpaired) electrons. The summed E-state index contributed by atoms with van der Waals surface area (Å²) in [5, 5.41) is 3.33. The van der Waals surface area contributed by atoms with E-state index in [0.717, 1.165) is 17.3 Å². The smallest absolute Gasteiger partial charge is 0.261 e. The first-order chi connectivity index (χ1) is 9.15. The highest BCUT2D eigenvalue weighted by Crippen LogP contribution is 2.37. The second-order valence-corrected chi connectivity index (χ2v) is 5.76. The van der Waals surface area contributed by atoms with Crippen LogP contribution in [0.25, 0.3) is 0 Å². The lowest BCUT2D eigenvalue weighted by Gasteiger charge is -2.36. The molecule has 1 aromatic rings. The molecule has 2 nitrogen and oxygen atoms in total. The number of halogens is 3. The summed E-state index contributed by atoms with van der Waals surface area (Å²) in [6, 6.07) is 8.87. The predicted molar refractivity (Wildman–Crippen MR) is 74.7 cm³/mol. The Morgan fingerprint density at radius 3 is 2.84 bits per heavy atom. The topological polar surface area (TPSA) is 21.3 Å². The number of rotatable bonds is 7. The van der Waals surface area contributed by atoms with E-state index in [1.807, 2.05) is 6.07 Å². The fraction of sp³-hybridized carbons (Fsp3) is 0.571. The highest BCUT2D eigenvalue weighted by Gasteiger charge is 2.29. The Morgan fingerprint density at radius 1 is 1.37 bits per heavy atom. The fourth-order valence-corrected chi connectivity index (χ4v) is 2.74. The molecular weight excluding hydrogens is 316 g/mol. The van der Waals surface area contributed by atoms with Crippen LogP contribution in [0.4, 0.5) is 8.78 Å². The van der Waals surface area contributed by atoms with E-state index < -0.39 is 13.0 Å². The molecule has 0 aromatic heterocycles. The summed E-state index contributed by atoms with van der Waals surface area (Å²) in [5.41, 5.74) is 1.36. The number of benzene rings is 1. The minimum atomic E-state index is -2.37. The van der Waals surface area contributed by atoms with Crippen molar-refractivity contribution in [2.75, 3.05) is 19.8 Å². The van der Waals surface area contributed by atoms with Gasteiger partial charge in [-0.2, -0.15) is 0 Å². The van der Waals surface area contributed by atoms with Crippen molar-refractivity contribution in [3.8, 4) is 0 Å². The first kappa shape index (κ1) is 14.9. The third-order valence-corrected chi connectivity index (χ3v) is 3.87. The summed E-state index contributed by atoms with van der Waals surface area (Å²) in [4.78, 5) is 0. The van der Waals surface area contributed by atoms with Crippen LogP contribution in [0.2, 0.25) is 0 Å². The third kappa shape index (κ3) is 4.82. The largest absolute Gasteiger partial charge is 0.374 e. The van der Waals surface area contributed by atoms with Gasteiger partial charge in [0.25, 0.3) is 6.43 Å². The molecule has 1 N–H and O–H groups in total. The molecule has 1 aromatic carbocycles. The summed E-state index contributed by atoms with van der Waals surface area (Å²) in [7, 11) is 0. The van der Waals surface area contributed by atoms with Gasteiger partial charge >= 0.3 is 0 Å². The molecule has 1 saturated carbocycles.